The third-order valence-corrected chi connectivity index (χ3v) is 4.64. The van der Waals surface area contributed by atoms with Crippen LogP contribution in [0.2, 0.25) is 5.02 Å². The molecule has 0 saturated heterocycles. The number of imidazole rings is 1. The average molecular weight is 453 g/mol. The Kier molecular flexibility index (Phi) is 4.28. The van der Waals surface area contributed by atoms with E-state index in [0.29, 0.717) is 16.0 Å². The number of hydrogen-bond acceptors (Lipinski definition) is 1. The van der Waals surface area contributed by atoms with Crippen LogP contribution in [0.15, 0.2) is 39.3 Å². The zero-order valence-electron chi connectivity index (χ0n) is 10.4. The maximum atomic E-state index is 13.4. The van der Waals surface area contributed by atoms with Crippen molar-refractivity contribution < 1.29 is 4.39 Å². The van der Waals surface area contributed by atoms with Gasteiger partial charge in [-0.3, -0.25) is 4.57 Å². The zero-order chi connectivity index (χ0) is 15.1. The molecule has 108 valence electrons. The van der Waals surface area contributed by atoms with Gasteiger partial charge >= 0.3 is 0 Å². The van der Waals surface area contributed by atoms with Gasteiger partial charge in [0.05, 0.1) is 27.6 Å². The summed E-state index contributed by atoms with van der Waals surface area (Å²) in [5.74, 6) is 0.444. The number of hydrogen-bond donors (Lipinski definition) is 0. The van der Waals surface area contributed by atoms with Crippen molar-refractivity contribution in [1.29, 1.82) is 0 Å². The van der Waals surface area contributed by atoms with E-state index in [0.717, 1.165) is 15.5 Å². The van der Waals surface area contributed by atoms with Gasteiger partial charge in [0.2, 0.25) is 0 Å². The second kappa shape index (κ2) is 5.88. The Hall–Kier alpha value is -0.620. The lowest BCUT2D eigenvalue weighted by atomic mass is 10.2. The van der Waals surface area contributed by atoms with Gasteiger partial charge in [-0.25, -0.2) is 9.37 Å². The molecule has 0 unspecified atom stereocenters. The average Bonchev–Trinajstić information content (AvgIpc) is 2.76. The minimum absolute atomic E-state index is 0.215. The van der Waals surface area contributed by atoms with Crippen molar-refractivity contribution in [1.82, 2.24) is 9.55 Å². The van der Waals surface area contributed by atoms with Crippen molar-refractivity contribution in [2.45, 2.75) is 5.88 Å². The molecule has 1 aromatic heterocycles. The van der Waals surface area contributed by atoms with Crippen molar-refractivity contribution in [3.8, 4) is 5.69 Å². The Morgan fingerprint density at radius 3 is 2.62 bits per heavy atom. The van der Waals surface area contributed by atoms with Crippen LogP contribution in [0.3, 0.4) is 0 Å². The van der Waals surface area contributed by atoms with Gasteiger partial charge in [-0.05, 0) is 46.3 Å². The summed E-state index contributed by atoms with van der Waals surface area (Å²) in [5.41, 5.74) is 2.25. The maximum absolute atomic E-state index is 13.4. The summed E-state index contributed by atoms with van der Waals surface area (Å²) in [7, 11) is 0. The van der Waals surface area contributed by atoms with Crippen LogP contribution >= 0.6 is 55.1 Å². The van der Waals surface area contributed by atoms with E-state index >= 15 is 0 Å². The van der Waals surface area contributed by atoms with Crippen molar-refractivity contribution in [2.24, 2.45) is 0 Å². The molecule has 0 aliphatic carbocycles. The molecule has 2 aromatic carbocycles. The molecule has 0 spiro atoms. The summed E-state index contributed by atoms with van der Waals surface area (Å²) in [4.78, 5) is 4.49. The van der Waals surface area contributed by atoms with Gasteiger partial charge < -0.3 is 0 Å². The van der Waals surface area contributed by atoms with E-state index in [1.165, 1.54) is 12.1 Å². The highest BCUT2D eigenvalue weighted by molar-refractivity contribution is 9.10. The topological polar surface area (TPSA) is 17.8 Å². The fourth-order valence-electron chi connectivity index (χ4n) is 2.19. The van der Waals surface area contributed by atoms with Gasteiger partial charge in [0, 0.05) is 8.95 Å². The molecule has 21 heavy (non-hydrogen) atoms. The first-order valence-corrected chi connectivity index (χ1v) is 8.39. The van der Waals surface area contributed by atoms with Crippen LogP contribution in [-0.2, 0) is 5.88 Å². The van der Waals surface area contributed by atoms with E-state index < -0.39 is 5.82 Å². The second-order valence-electron chi connectivity index (χ2n) is 4.35. The Morgan fingerprint density at radius 1 is 1.19 bits per heavy atom. The first kappa shape index (κ1) is 15.3. The van der Waals surface area contributed by atoms with Crippen LogP contribution in [0.4, 0.5) is 4.39 Å². The molecular weight excluding hydrogens is 446 g/mol. The molecule has 0 fully saturated rings. The van der Waals surface area contributed by atoms with Crippen LogP contribution in [0.5, 0.6) is 0 Å². The smallest absolute Gasteiger partial charge is 0.129 e. The van der Waals surface area contributed by atoms with E-state index in [9.17, 15) is 4.39 Å². The van der Waals surface area contributed by atoms with Gasteiger partial charge in [-0.15, -0.1) is 11.6 Å². The molecule has 0 radical (unpaired) electrons. The zero-order valence-corrected chi connectivity index (χ0v) is 15.1. The second-order valence-corrected chi connectivity index (χ2v) is 6.79. The lowest BCUT2D eigenvalue weighted by molar-refractivity contribution is 0.626. The molecule has 3 rings (SSSR count). The monoisotopic (exact) mass is 450 g/mol. The van der Waals surface area contributed by atoms with Crippen LogP contribution in [0.25, 0.3) is 16.7 Å². The molecule has 0 saturated carbocycles. The third kappa shape index (κ3) is 2.72. The summed E-state index contributed by atoms with van der Waals surface area (Å²) in [6.45, 7) is 0. The number of halogens is 5. The minimum Gasteiger partial charge on any atom is -0.293 e. The Balaban J connectivity index is 2.41. The van der Waals surface area contributed by atoms with Gasteiger partial charge in [0.1, 0.15) is 11.6 Å². The first-order valence-electron chi connectivity index (χ1n) is 5.89. The third-order valence-electron chi connectivity index (χ3n) is 3.01. The Morgan fingerprint density at radius 2 is 1.95 bits per heavy atom. The first-order chi connectivity index (χ1) is 10.0. The largest absolute Gasteiger partial charge is 0.293 e. The molecular formula is C14H7Br2Cl2FN2. The van der Waals surface area contributed by atoms with Crippen LogP contribution in [0.1, 0.15) is 5.82 Å². The molecule has 3 aromatic rings. The normalized spacial score (nSPS) is 11.3. The Bertz CT molecular complexity index is 825. The minimum atomic E-state index is -0.409. The SMILES string of the molecule is Fc1cc(Cl)c(-n2c(CCl)nc3ccc(Br)cc32)c(Br)c1. The van der Waals surface area contributed by atoms with Gasteiger partial charge in [-0.2, -0.15) is 0 Å². The predicted molar refractivity (Wildman–Crippen MR) is 91.0 cm³/mol. The van der Waals surface area contributed by atoms with Gasteiger partial charge in [0.15, 0.2) is 0 Å². The molecule has 0 aliphatic heterocycles. The summed E-state index contributed by atoms with van der Waals surface area (Å²) < 4.78 is 16.7. The van der Waals surface area contributed by atoms with E-state index in [-0.39, 0.29) is 10.9 Å². The number of aromatic nitrogens is 2. The molecule has 0 atom stereocenters. The van der Waals surface area contributed by atoms with Crippen molar-refractivity contribution in [3.05, 3.63) is 55.9 Å². The fourth-order valence-corrected chi connectivity index (χ4v) is 3.73. The lowest BCUT2D eigenvalue weighted by Gasteiger charge is -2.12. The van der Waals surface area contributed by atoms with E-state index in [1.54, 1.807) is 0 Å². The summed E-state index contributed by atoms with van der Waals surface area (Å²) in [6, 6.07) is 8.34. The van der Waals surface area contributed by atoms with E-state index in [4.69, 9.17) is 23.2 Å². The van der Waals surface area contributed by atoms with E-state index in [1.807, 2.05) is 22.8 Å². The number of alkyl halides is 1. The van der Waals surface area contributed by atoms with Crippen LogP contribution < -0.4 is 0 Å². The summed E-state index contributed by atoms with van der Waals surface area (Å²) in [5, 5.41) is 0.285. The number of benzene rings is 2. The maximum Gasteiger partial charge on any atom is 0.129 e. The van der Waals surface area contributed by atoms with Gasteiger partial charge in [-0.1, -0.05) is 27.5 Å². The molecule has 7 heteroatoms. The van der Waals surface area contributed by atoms with Crippen molar-refractivity contribution >= 4 is 66.1 Å². The van der Waals surface area contributed by atoms with Crippen LogP contribution in [-0.4, -0.2) is 9.55 Å². The summed E-state index contributed by atoms with van der Waals surface area (Å²) >= 11 is 19.0. The highest BCUT2D eigenvalue weighted by atomic mass is 79.9. The van der Waals surface area contributed by atoms with E-state index in [2.05, 4.69) is 36.8 Å². The van der Waals surface area contributed by atoms with Gasteiger partial charge in [0.25, 0.3) is 0 Å². The number of nitrogens with zero attached hydrogens (tertiary/aromatic N) is 2. The molecule has 0 amide bonds. The molecule has 0 N–H and O–H groups in total. The predicted octanol–water partition coefficient (Wildman–Crippen LogP) is 6.08. The Labute approximate surface area is 147 Å². The number of fused-ring (bicyclic) bond motifs is 1. The number of rotatable bonds is 2. The molecule has 1 heterocycles. The standard InChI is InChI=1S/C14H7Br2Cl2FN2/c15-7-1-2-11-12(3-7)21(13(6-17)20-11)14-9(16)4-8(19)5-10(14)18/h1-5H,6H2. The van der Waals surface area contributed by atoms with Crippen LogP contribution in [0, 0.1) is 5.82 Å². The fraction of sp³-hybridized carbons (Fsp3) is 0.0714. The van der Waals surface area contributed by atoms with Crippen molar-refractivity contribution in [2.75, 3.05) is 0 Å². The molecule has 0 bridgehead atoms. The van der Waals surface area contributed by atoms with Crippen molar-refractivity contribution in [3.63, 3.8) is 0 Å². The molecule has 0 aliphatic rings. The highest BCUT2D eigenvalue weighted by Gasteiger charge is 2.18. The lowest BCUT2D eigenvalue weighted by Crippen LogP contribution is -2.02. The summed E-state index contributed by atoms with van der Waals surface area (Å²) in [6.07, 6.45) is 0. The quantitative estimate of drug-likeness (QED) is 0.431. The highest BCUT2D eigenvalue weighted by Crippen LogP contribution is 2.34. The molecule has 2 nitrogen and oxygen atoms in total.